The van der Waals surface area contributed by atoms with Crippen LogP contribution < -0.4 is 10.6 Å². The molecule has 0 saturated carbocycles. The van der Waals surface area contributed by atoms with Crippen LogP contribution in [0.1, 0.15) is 24.0 Å². The highest BCUT2D eigenvalue weighted by Gasteiger charge is 2.08. The molecule has 7 nitrogen and oxygen atoms in total. The van der Waals surface area contributed by atoms with Crippen LogP contribution in [0.3, 0.4) is 0 Å². The average Bonchev–Trinajstić information content (AvgIpc) is 3.15. The van der Waals surface area contributed by atoms with E-state index in [-0.39, 0.29) is 0 Å². The standard InChI is InChI=1S/C18H25N7/c1-4-19-18(21-11-17-22-12-23-25(17)3)20-10-9-14-13(2)24-16-8-6-5-7-15(14)16/h5-8,12,24H,4,9-11H2,1-3H3,(H2,19,20,21). The lowest BCUT2D eigenvalue weighted by Crippen LogP contribution is -2.38. The number of para-hydroxylation sites is 1. The molecule has 25 heavy (non-hydrogen) atoms. The summed E-state index contributed by atoms with van der Waals surface area (Å²) in [6, 6.07) is 8.43. The van der Waals surface area contributed by atoms with Gasteiger partial charge >= 0.3 is 0 Å². The number of H-pyrrole nitrogens is 1. The van der Waals surface area contributed by atoms with E-state index in [0.717, 1.165) is 31.3 Å². The van der Waals surface area contributed by atoms with E-state index in [2.05, 4.69) is 68.8 Å². The van der Waals surface area contributed by atoms with Crippen LogP contribution in [0, 0.1) is 6.92 Å². The minimum atomic E-state index is 0.498. The van der Waals surface area contributed by atoms with Gasteiger partial charge in [0.25, 0.3) is 0 Å². The predicted octanol–water partition coefficient (Wildman–Crippen LogP) is 1.90. The van der Waals surface area contributed by atoms with Gasteiger partial charge in [0, 0.05) is 36.7 Å². The Kier molecular flexibility index (Phi) is 5.33. The lowest BCUT2D eigenvalue weighted by atomic mass is 10.1. The van der Waals surface area contributed by atoms with Gasteiger partial charge in [0.2, 0.25) is 0 Å². The topological polar surface area (TPSA) is 82.9 Å². The van der Waals surface area contributed by atoms with Gasteiger partial charge in [0.15, 0.2) is 5.96 Å². The van der Waals surface area contributed by atoms with Crippen LogP contribution >= 0.6 is 0 Å². The molecule has 3 aromatic rings. The molecule has 3 N–H and O–H groups in total. The number of rotatable bonds is 6. The van der Waals surface area contributed by atoms with E-state index in [1.54, 1.807) is 11.0 Å². The average molecular weight is 339 g/mol. The fourth-order valence-corrected chi connectivity index (χ4v) is 2.92. The van der Waals surface area contributed by atoms with Gasteiger partial charge in [0.05, 0.1) is 0 Å². The summed E-state index contributed by atoms with van der Waals surface area (Å²) >= 11 is 0. The highest BCUT2D eigenvalue weighted by Crippen LogP contribution is 2.21. The highest BCUT2D eigenvalue weighted by molar-refractivity contribution is 5.84. The molecule has 7 heteroatoms. The maximum absolute atomic E-state index is 4.58. The van der Waals surface area contributed by atoms with Crippen LogP contribution in [-0.2, 0) is 20.0 Å². The second kappa shape index (κ2) is 7.83. The zero-order chi connectivity index (χ0) is 17.6. The maximum Gasteiger partial charge on any atom is 0.191 e. The summed E-state index contributed by atoms with van der Waals surface area (Å²) in [7, 11) is 1.87. The number of guanidine groups is 1. The van der Waals surface area contributed by atoms with Crippen molar-refractivity contribution in [3.05, 3.63) is 47.7 Å². The second-order valence-corrected chi connectivity index (χ2v) is 5.95. The van der Waals surface area contributed by atoms with Gasteiger partial charge in [0.1, 0.15) is 18.7 Å². The number of benzene rings is 1. The molecular weight excluding hydrogens is 314 g/mol. The van der Waals surface area contributed by atoms with Crippen LogP contribution in [0.5, 0.6) is 0 Å². The zero-order valence-corrected chi connectivity index (χ0v) is 15.0. The van der Waals surface area contributed by atoms with E-state index < -0.39 is 0 Å². The predicted molar refractivity (Wildman–Crippen MR) is 101 cm³/mol. The van der Waals surface area contributed by atoms with Crippen LogP contribution in [0.15, 0.2) is 35.6 Å². The monoisotopic (exact) mass is 339 g/mol. The molecule has 0 amide bonds. The summed E-state index contributed by atoms with van der Waals surface area (Å²) in [6.45, 7) is 6.31. The summed E-state index contributed by atoms with van der Waals surface area (Å²) in [5.74, 6) is 1.63. The molecule has 2 heterocycles. The molecule has 0 unspecified atom stereocenters. The van der Waals surface area contributed by atoms with Crippen molar-refractivity contribution < 1.29 is 0 Å². The molecule has 0 fully saturated rings. The van der Waals surface area contributed by atoms with Crippen molar-refractivity contribution in [2.75, 3.05) is 13.1 Å². The minimum absolute atomic E-state index is 0.498. The van der Waals surface area contributed by atoms with Crippen LogP contribution in [0.2, 0.25) is 0 Å². The molecule has 0 aliphatic carbocycles. The molecule has 132 valence electrons. The first kappa shape index (κ1) is 17.0. The third-order valence-corrected chi connectivity index (χ3v) is 4.22. The number of fused-ring (bicyclic) bond motifs is 1. The molecule has 0 bridgehead atoms. The van der Waals surface area contributed by atoms with Gasteiger partial charge in [-0.2, -0.15) is 5.10 Å². The van der Waals surface area contributed by atoms with Gasteiger partial charge in [-0.15, -0.1) is 0 Å². The van der Waals surface area contributed by atoms with Gasteiger partial charge in [-0.3, -0.25) is 4.68 Å². The second-order valence-electron chi connectivity index (χ2n) is 5.95. The van der Waals surface area contributed by atoms with E-state index in [9.17, 15) is 0 Å². The number of aryl methyl sites for hydroxylation is 2. The lowest BCUT2D eigenvalue weighted by Gasteiger charge is -2.11. The summed E-state index contributed by atoms with van der Waals surface area (Å²) in [6.07, 6.45) is 2.48. The van der Waals surface area contributed by atoms with Gasteiger partial charge in [-0.05, 0) is 31.9 Å². The first-order valence-electron chi connectivity index (χ1n) is 8.60. The Morgan fingerprint density at radius 2 is 2.12 bits per heavy atom. The molecule has 3 rings (SSSR count). The molecule has 1 aromatic carbocycles. The van der Waals surface area contributed by atoms with E-state index in [4.69, 9.17) is 0 Å². The zero-order valence-electron chi connectivity index (χ0n) is 15.0. The number of hydrogen-bond donors (Lipinski definition) is 3. The number of nitrogens with zero attached hydrogens (tertiary/aromatic N) is 4. The fourth-order valence-electron chi connectivity index (χ4n) is 2.92. The normalized spacial score (nSPS) is 11.9. The molecule has 0 atom stereocenters. The SMILES string of the molecule is CCNC(=NCc1ncnn1C)NCCc1c(C)[nH]c2ccccc12. The summed E-state index contributed by atoms with van der Waals surface area (Å²) in [5.41, 5.74) is 3.77. The summed E-state index contributed by atoms with van der Waals surface area (Å²) in [5, 5.41) is 12.0. The Morgan fingerprint density at radius 1 is 1.28 bits per heavy atom. The van der Waals surface area contributed by atoms with Crippen molar-refractivity contribution in [2.24, 2.45) is 12.0 Å². The third kappa shape index (κ3) is 3.99. The van der Waals surface area contributed by atoms with Crippen LogP contribution in [0.4, 0.5) is 0 Å². The van der Waals surface area contributed by atoms with Crippen molar-refractivity contribution in [3.8, 4) is 0 Å². The Labute approximate surface area is 147 Å². The van der Waals surface area contributed by atoms with E-state index in [1.165, 1.54) is 22.2 Å². The molecule has 0 saturated heterocycles. The Hall–Kier alpha value is -2.83. The molecule has 0 radical (unpaired) electrons. The van der Waals surface area contributed by atoms with Crippen molar-refractivity contribution in [1.82, 2.24) is 30.4 Å². The van der Waals surface area contributed by atoms with Crippen molar-refractivity contribution in [3.63, 3.8) is 0 Å². The molecule has 0 aliphatic rings. The minimum Gasteiger partial charge on any atom is -0.358 e. The van der Waals surface area contributed by atoms with Gasteiger partial charge < -0.3 is 15.6 Å². The van der Waals surface area contributed by atoms with Crippen molar-refractivity contribution in [2.45, 2.75) is 26.8 Å². The van der Waals surface area contributed by atoms with Gasteiger partial charge in [-0.25, -0.2) is 9.98 Å². The van der Waals surface area contributed by atoms with Crippen molar-refractivity contribution in [1.29, 1.82) is 0 Å². The largest absolute Gasteiger partial charge is 0.358 e. The van der Waals surface area contributed by atoms with Crippen LogP contribution in [-0.4, -0.2) is 38.8 Å². The number of aromatic amines is 1. The Bertz CT molecular complexity index is 859. The maximum atomic E-state index is 4.58. The van der Waals surface area contributed by atoms with E-state index in [1.807, 2.05) is 7.05 Å². The van der Waals surface area contributed by atoms with E-state index in [0.29, 0.717) is 6.54 Å². The van der Waals surface area contributed by atoms with Crippen LogP contribution in [0.25, 0.3) is 10.9 Å². The van der Waals surface area contributed by atoms with E-state index >= 15 is 0 Å². The number of hydrogen-bond acceptors (Lipinski definition) is 3. The number of nitrogens with one attached hydrogen (secondary N) is 3. The summed E-state index contributed by atoms with van der Waals surface area (Å²) in [4.78, 5) is 12.2. The highest BCUT2D eigenvalue weighted by atomic mass is 15.3. The first-order chi connectivity index (χ1) is 12.2. The summed E-state index contributed by atoms with van der Waals surface area (Å²) < 4.78 is 1.74. The fraction of sp³-hybridized carbons (Fsp3) is 0.389. The van der Waals surface area contributed by atoms with Crippen molar-refractivity contribution >= 4 is 16.9 Å². The Balaban J connectivity index is 1.63. The smallest absolute Gasteiger partial charge is 0.191 e. The number of aromatic nitrogens is 4. The molecule has 0 spiro atoms. The molecular formula is C18H25N7. The Morgan fingerprint density at radius 3 is 2.88 bits per heavy atom. The molecule has 2 aromatic heterocycles. The molecule has 0 aliphatic heterocycles. The lowest BCUT2D eigenvalue weighted by molar-refractivity contribution is 0.697. The van der Waals surface area contributed by atoms with Gasteiger partial charge in [-0.1, -0.05) is 18.2 Å². The quantitative estimate of drug-likeness (QED) is 0.473. The number of aliphatic imine (C=N–C) groups is 1. The third-order valence-electron chi connectivity index (χ3n) is 4.22. The first-order valence-corrected chi connectivity index (χ1v) is 8.60.